The summed E-state index contributed by atoms with van der Waals surface area (Å²) in [5, 5.41) is 22.7. The number of ether oxygens (including phenoxy) is 1. The molecule has 0 aromatic heterocycles. The number of piperazine rings is 1. The van der Waals surface area contributed by atoms with Crippen molar-refractivity contribution < 1.29 is 24.5 Å². The van der Waals surface area contributed by atoms with E-state index in [-0.39, 0.29) is 23.7 Å². The Bertz CT molecular complexity index is 1080. The number of amides is 3. The molecular weight excluding hydrogens is 424 g/mol. The average molecular weight is 453 g/mol. The minimum Gasteiger partial charge on any atom is -0.508 e. The number of urea groups is 1. The summed E-state index contributed by atoms with van der Waals surface area (Å²) in [6.45, 7) is 4.35. The maximum atomic E-state index is 12.9. The van der Waals surface area contributed by atoms with Gasteiger partial charge in [0.2, 0.25) is 0 Å². The predicted molar refractivity (Wildman–Crippen MR) is 123 cm³/mol. The molecule has 174 valence electrons. The lowest BCUT2D eigenvalue weighted by Gasteiger charge is -2.32. The first kappa shape index (κ1) is 22.6. The van der Waals surface area contributed by atoms with Crippen molar-refractivity contribution in [1.82, 2.24) is 20.0 Å². The highest BCUT2D eigenvalue weighted by Gasteiger charge is 2.33. The van der Waals surface area contributed by atoms with Gasteiger partial charge in [-0.15, -0.1) is 0 Å². The van der Waals surface area contributed by atoms with Crippen LogP contribution in [0.4, 0.5) is 4.79 Å². The van der Waals surface area contributed by atoms with Gasteiger partial charge in [-0.3, -0.25) is 14.6 Å². The van der Waals surface area contributed by atoms with Gasteiger partial charge in [-0.1, -0.05) is 12.1 Å². The summed E-state index contributed by atoms with van der Waals surface area (Å²) in [6, 6.07) is 9.27. The monoisotopic (exact) mass is 452 g/mol. The van der Waals surface area contributed by atoms with E-state index < -0.39 is 11.9 Å². The zero-order valence-electron chi connectivity index (χ0n) is 18.7. The largest absolute Gasteiger partial charge is 0.508 e. The van der Waals surface area contributed by atoms with E-state index in [0.29, 0.717) is 23.4 Å². The summed E-state index contributed by atoms with van der Waals surface area (Å²) in [5.74, 6) is 0.0615. The van der Waals surface area contributed by atoms with Crippen LogP contribution in [0.15, 0.2) is 42.1 Å². The number of hydrogen-bond donors (Lipinski definition) is 3. The van der Waals surface area contributed by atoms with Crippen molar-refractivity contribution in [1.29, 1.82) is 0 Å². The van der Waals surface area contributed by atoms with E-state index in [1.165, 1.54) is 19.2 Å². The third kappa shape index (κ3) is 5.10. The van der Waals surface area contributed by atoms with Crippen molar-refractivity contribution in [3.05, 3.63) is 58.8 Å². The van der Waals surface area contributed by atoms with Crippen LogP contribution in [0.1, 0.15) is 16.7 Å². The number of nitrogens with one attached hydrogen (secondary N) is 1. The number of hydrogen-bond acceptors (Lipinski definition) is 7. The highest BCUT2D eigenvalue weighted by molar-refractivity contribution is 6.13. The van der Waals surface area contributed by atoms with Gasteiger partial charge in [0.15, 0.2) is 11.5 Å². The zero-order valence-corrected chi connectivity index (χ0v) is 18.7. The van der Waals surface area contributed by atoms with Crippen molar-refractivity contribution in [3.63, 3.8) is 0 Å². The maximum absolute atomic E-state index is 12.9. The molecule has 2 aliphatic heterocycles. The molecular formula is C24H28N4O5. The number of carbonyl (C=O) groups excluding carboxylic acids is 2. The summed E-state index contributed by atoms with van der Waals surface area (Å²) in [7, 11) is 3.57. The lowest BCUT2D eigenvalue weighted by molar-refractivity contribution is -0.123. The number of nitrogens with zero attached hydrogens (tertiary/aromatic N) is 3. The van der Waals surface area contributed by atoms with E-state index in [1.807, 2.05) is 6.07 Å². The summed E-state index contributed by atoms with van der Waals surface area (Å²) < 4.78 is 5.35. The molecule has 2 heterocycles. The Morgan fingerprint density at radius 2 is 1.73 bits per heavy atom. The van der Waals surface area contributed by atoms with Gasteiger partial charge in [-0.25, -0.2) is 4.79 Å². The molecule has 2 aliphatic rings. The van der Waals surface area contributed by atoms with Crippen LogP contribution in [0.25, 0.3) is 6.08 Å². The molecule has 2 aromatic carbocycles. The van der Waals surface area contributed by atoms with Gasteiger partial charge in [0.1, 0.15) is 11.4 Å². The summed E-state index contributed by atoms with van der Waals surface area (Å²) >= 11 is 0. The Morgan fingerprint density at radius 3 is 2.39 bits per heavy atom. The van der Waals surface area contributed by atoms with Gasteiger partial charge in [0.25, 0.3) is 5.91 Å². The topological polar surface area (TPSA) is 106 Å². The second kappa shape index (κ2) is 9.51. The molecule has 0 bridgehead atoms. The van der Waals surface area contributed by atoms with Crippen LogP contribution in [0, 0.1) is 0 Å². The van der Waals surface area contributed by atoms with E-state index in [2.05, 4.69) is 22.2 Å². The second-order valence-corrected chi connectivity index (χ2v) is 8.36. The Morgan fingerprint density at radius 1 is 1.03 bits per heavy atom. The summed E-state index contributed by atoms with van der Waals surface area (Å²) in [5.41, 5.74) is 2.21. The average Bonchev–Trinajstić information content (AvgIpc) is 3.06. The molecule has 9 nitrogen and oxygen atoms in total. The van der Waals surface area contributed by atoms with Crippen molar-refractivity contribution in [2.24, 2.45) is 0 Å². The summed E-state index contributed by atoms with van der Waals surface area (Å²) in [4.78, 5) is 30.9. The van der Waals surface area contributed by atoms with Gasteiger partial charge in [-0.05, 0) is 48.5 Å². The lowest BCUT2D eigenvalue weighted by Crippen LogP contribution is -2.43. The molecule has 3 N–H and O–H groups in total. The fourth-order valence-electron chi connectivity index (χ4n) is 3.96. The molecule has 9 heteroatoms. The van der Waals surface area contributed by atoms with Gasteiger partial charge < -0.3 is 25.2 Å². The van der Waals surface area contributed by atoms with Crippen LogP contribution in [0.5, 0.6) is 17.2 Å². The van der Waals surface area contributed by atoms with E-state index in [9.17, 15) is 19.8 Å². The highest BCUT2D eigenvalue weighted by Crippen LogP contribution is 2.33. The SMILES string of the molecule is COc1cc(/C=C2\NC(=O)N(Cc3ccc(O)cc3)C2=O)cc(CN2CCN(C)CC2)c1O. The zero-order chi connectivity index (χ0) is 23.5. The molecule has 0 unspecified atom stereocenters. The van der Waals surface area contributed by atoms with Crippen molar-refractivity contribution in [3.8, 4) is 17.2 Å². The number of carbonyl (C=O) groups is 2. The van der Waals surface area contributed by atoms with E-state index in [1.54, 1.807) is 24.3 Å². The number of methoxy groups -OCH3 is 1. The van der Waals surface area contributed by atoms with Crippen LogP contribution >= 0.6 is 0 Å². The number of rotatable bonds is 6. The smallest absolute Gasteiger partial charge is 0.329 e. The first-order valence-corrected chi connectivity index (χ1v) is 10.8. The first-order valence-electron chi connectivity index (χ1n) is 10.8. The number of imide groups is 1. The quantitative estimate of drug-likeness (QED) is 0.454. The van der Waals surface area contributed by atoms with E-state index >= 15 is 0 Å². The number of likely N-dealkylation sites (N-methyl/N-ethyl adjacent to an activating group) is 1. The molecule has 2 saturated heterocycles. The van der Waals surface area contributed by atoms with Gasteiger partial charge >= 0.3 is 6.03 Å². The maximum Gasteiger partial charge on any atom is 0.329 e. The first-order chi connectivity index (χ1) is 15.8. The minimum atomic E-state index is -0.511. The number of phenols is 2. The third-order valence-corrected chi connectivity index (χ3v) is 5.94. The normalized spacial score (nSPS) is 18.7. The molecule has 0 atom stereocenters. The molecule has 3 amide bonds. The predicted octanol–water partition coefficient (Wildman–Crippen LogP) is 1.95. The number of phenolic OH excluding ortho intramolecular Hbond substituents is 2. The van der Waals surface area contributed by atoms with Crippen molar-refractivity contribution in [2.45, 2.75) is 13.1 Å². The second-order valence-electron chi connectivity index (χ2n) is 8.36. The fraction of sp³-hybridized carbons (Fsp3) is 0.333. The Labute approximate surface area is 192 Å². The standard InChI is InChI=1S/C24H28N4O5/c1-26-7-9-27(10-8-26)15-18-11-17(13-21(33-2)22(18)30)12-20-23(31)28(24(32)25-20)14-16-3-5-19(29)6-4-16/h3-6,11-13,29-30H,7-10,14-15H2,1-2H3,(H,25,32)/b20-12-. The van der Waals surface area contributed by atoms with Gasteiger partial charge in [0.05, 0.1) is 13.7 Å². The molecule has 4 rings (SSSR count). The van der Waals surface area contributed by atoms with E-state index in [4.69, 9.17) is 4.74 Å². The molecule has 2 fully saturated rings. The van der Waals surface area contributed by atoms with Crippen LogP contribution in [0.3, 0.4) is 0 Å². The summed E-state index contributed by atoms with van der Waals surface area (Å²) in [6.07, 6.45) is 1.59. The van der Waals surface area contributed by atoms with Crippen molar-refractivity contribution >= 4 is 18.0 Å². The fourth-order valence-corrected chi connectivity index (χ4v) is 3.96. The van der Waals surface area contributed by atoms with Gasteiger partial charge in [0, 0.05) is 38.3 Å². The van der Waals surface area contributed by atoms with E-state index in [0.717, 1.165) is 36.6 Å². The van der Waals surface area contributed by atoms with Crippen LogP contribution in [0.2, 0.25) is 0 Å². The highest BCUT2D eigenvalue weighted by atomic mass is 16.5. The number of benzene rings is 2. The third-order valence-electron chi connectivity index (χ3n) is 5.94. The molecule has 0 radical (unpaired) electrons. The molecule has 0 aliphatic carbocycles. The van der Waals surface area contributed by atoms with Crippen LogP contribution in [-0.2, 0) is 17.9 Å². The Hall–Kier alpha value is -3.56. The van der Waals surface area contributed by atoms with Gasteiger partial charge in [-0.2, -0.15) is 0 Å². The molecule has 0 saturated carbocycles. The number of aromatic hydroxyl groups is 2. The molecule has 0 spiro atoms. The molecule has 2 aromatic rings. The van der Waals surface area contributed by atoms with Crippen LogP contribution < -0.4 is 10.1 Å². The molecule has 33 heavy (non-hydrogen) atoms. The Balaban J connectivity index is 1.55. The Kier molecular flexibility index (Phi) is 6.52. The lowest BCUT2D eigenvalue weighted by atomic mass is 10.1. The minimum absolute atomic E-state index is 0.0781. The van der Waals surface area contributed by atoms with Crippen molar-refractivity contribution in [2.75, 3.05) is 40.3 Å². The van der Waals surface area contributed by atoms with Crippen LogP contribution in [-0.4, -0.2) is 77.2 Å².